The second kappa shape index (κ2) is 6.95. The van der Waals surface area contributed by atoms with Gasteiger partial charge in [0.15, 0.2) is 0 Å². The van der Waals surface area contributed by atoms with Crippen molar-refractivity contribution < 1.29 is 13.9 Å². The molecule has 24 heavy (non-hydrogen) atoms. The lowest BCUT2D eigenvalue weighted by Gasteiger charge is -2.18. The number of hydrogen-bond donors (Lipinski definition) is 0. The predicted octanol–water partition coefficient (Wildman–Crippen LogP) is 3.41. The first-order valence-electron chi connectivity index (χ1n) is 7.57. The average molecular weight is 323 g/mol. The number of anilines is 1. The van der Waals surface area contributed by atoms with Crippen molar-refractivity contribution in [1.29, 1.82) is 0 Å². The second-order valence-electron chi connectivity index (χ2n) is 5.03. The largest absolute Gasteiger partial charge is 0.497 e. The summed E-state index contributed by atoms with van der Waals surface area (Å²) in [6.45, 7) is 2.40. The Labute approximate surface area is 139 Å². The first-order chi connectivity index (χ1) is 11.7. The molecule has 0 saturated carbocycles. The van der Waals surface area contributed by atoms with E-state index < -0.39 is 0 Å². The number of aromatic nitrogens is 2. The van der Waals surface area contributed by atoms with Crippen LogP contribution >= 0.6 is 0 Å². The molecule has 2 aromatic carbocycles. The Morgan fingerprint density at radius 3 is 2.42 bits per heavy atom. The number of carbonyl (C=O) groups is 1. The van der Waals surface area contributed by atoms with Crippen LogP contribution in [0.25, 0.3) is 11.5 Å². The van der Waals surface area contributed by atoms with Gasteiger partial charge in [0.25, 0.3) is 0 Å². The SMILES string of the molecule is CCN(C(=O)c1nnc(-c2ccc(OC)cc2)o1)c1ccccc1. The number of rotatable bonds is 5. The minimum absolute atomic E-state index is 0.0356. The van der Waals surface area contributed by atoms with Gasteiger partial charge in [-0.25, -0.2) is 0 Å². The maximum Gasteiger partial charge on any atom is 0.315 e. The van der Waals surface area contributed by atoms with Crippen molar-refractivity contribution in [2.75, 3.05) is 18.6 Å². The van der Waals surface area contributed by atoms with Gasteiger partial charge in [0.2, 0.25) is 5.89 Å². The van der Waals surface area contributed by atoms with Crippen LogP contribution in [0.5, 0.6) is 5.75 Å². The lowest BCUT2D eigenvalue weighted by atomic mass is 10.2. The quantitative estimate of drug-likeness (QED) is 0.719. The molecule has 0 saturated heterocycles. The van der Waals surface area contributed by atoms with Gasteiger partial charge in [-0.3, -0.25) is 4.79 Å². The normalized spacial score (nSPS) is 10.4. The molecule has 1 heterocycles. The van der Waals surface area contributed by atoms with E-state index in [-0.39, 0.29) is 11.8 Å². The van der Waals surface area contributed by atoms with Crippen molar-refractivity contribution in [2.45, 2.75) is 6.92 Å². The Kier molecular flexibility index (Phi) is 4.56. The Bertz CT molecular complexity index is 813. The van der Waals surface area contributed by atoms with Crippen LogP contribution in [-0.2, 0) is 0 Å². The minimum Gasteiger partial charge on any atom is -0.497 e. The molecule has 0 fully saturated rings. The van der Waals surface area contributed by atoms with E-state index in [0.29, 0.717) is 12.4 Å². The van der Waals surface area contributed by atoms with Gasteiger partial charge < -0.3 is 14.1 Å². The van der Waals surface area contributed by atoms with Gasteiger partial charge in [0.05, 0.1) is 7.11 Å². The van der Waals surface area contributed by atoms with Gasteiger partial charge in [-0.05, 0) is 43.3 Å². The van der Waals surface area contributed by atoms with Gasteiger partial charge in [0, 0.05) is 17.8 Å². The highest BCUT2D eigenvalue weighted by Crippen LogP contribution is 2.22. The van der Waals surface area contributed by atoms with Crippen molar-refractivity contribution in [3.63, 3.8) is 0 Å². The van der Waals surface area contributed by atoms with Gasteiger partial charge in [-0.2, -0.15) is 0 Å². The van der Waals surface area contributed by atoms with Crippen molar-refractivity contribution in [2.24, 2.45) is 0 Å². The summed E-state index contributed by atoms with van der Waals surface area (Å²) in [5, 5.41) is 7.86. The number of nitrogens with zero attached hydrogens (tertiary/aromatic N) is 3. The zero-order valence-corrected chi connectivity index (χ0v) is 13.5. The molecule has 0 radical (unpaired) electrons. The van der Waals surface area contributed by atoms with Crippen LogP contribution in [0.15, 0.2) is 59.0 Å². The van der Waals surface area contributed by atoms with Gasteiger partial charge in [-0.15, -0.1) is 10.2 Å². The first kappa shape index (κ1) is 15.7. The smallest absolute Gasteiger partial charge is 0.315 e. The maximum atomic E-state index is 12.6. The molecule has 6 nitrogen and oxygen atoms in total. The molecular weight excluding hydrogens is 306 g/mol. The Morgan fingerprint density at radius 1 is 1.08 bits per heavy atom. The summed E-state index contributed by atoms with van der Waals surface area (Å²) in [6, 6.07) is 16.6. The molecule has 0 aliphatic heterocycles. The Balaban J connectivity index is 1.84. The zero-order chi connectivity index (χ0) is 16.9. The minimum atomic E-state index is -0.323. The van der Waals surface area contributed by atoms with E-state index >= 15 is 0 Å². The lowest BCUT2D eigenvalue weighted by Crippen LogP contribution is -2.30. The Morgan fingerprint density at radius 2 is 1.79 bits per heavy atom. The topological polar surface area (TPSA) is 68.5 Å². The fourth-order valence-electron chi connectivity index (χ4n) is 2.33. The van der Waals surface area contributed by atoms with Crippen LogP contribution < -0.4 is 9.64 Å². The molecule has 0 unspecified atom stereocenters. The predicted molar refractivity (Wildman–Crippen MR) is 90.1 cm³/mol. The highest BCUT2D eigenvalue weighted by atomic mass is 16.5. The van der Waals surface area contributed by atoms with E-state index in [1.54, 1.807) is 36.3 Å². The van der Waals surface area contributed by atoms with E-state index in [0.717, 1.165) is 17.0 Å². The number of benzene rings is 2. The number of carbonyl (C=O) groups excluding carboxylic acids is 1. The molecule has 122 valence electrons. The second-order valence-corrected chi connectivity index (χ2v) is 5.03. The number of methoxy groups -OCH3 is 1. The third kappa shape index (κ3) is 3.12. The van der Waals surface area contributed by atoms with E-state index in [2.05, 4.69) is 10.2 Å². The highest BCUT2D eigenvalue weighted by Gasteiger charge is 2.22. The highest BCUT2D eigenvalue weighted by molar-refractivity contribution is 6.02. The number of para-hydroxylation sites is 1. The molecule has 0 spiro atoms. The molecule has 6 heteroatoms. The maximum absolute atomic E-state index is 12.6. The molecule has 3 aromatic rings. The van der Waals surface area contributed by atoms with Gasteiger partial charge in [0.1, 0.15) is 5.75 Å². The molecule has 1 aromatic heterocycles. The lowest BCUT2D eigenvalue weighted by molar-refractivity contribution is 0.0955. The number of hydrogen-bond acceptors (Lipinski definition) is 5. The van der Waals surface area contributed by atoms with Crippen LogP contribution in [0.3, 0.4) is 0 Å². The Hall–Kier alpha value is -3.15. The van der Waals surface area contributed by atoms with E-state index in [4.69, 9.17) is 9.15 Å². The van der Waals surface area contributed by atoms with Crippen LogP contribution in [0.4, 0.5) is 5.69 Å². The molecule has 0 aliphatic carbocycles. The molecule has 0 bridgehead atoms. The van der Waals surface area contributed by atoms with Crippen molar-refractivity contribution in [3.05, 3.63) is 60.5 Å². The summed E-state index contributed by atoms with van der Waals surface area (Å²) in [4.78, 5) is 14.2. The summed E-state index contributed by atoms with van der Waals surface area (Å²) < 4.78 is 10.7. The molecule has 0 atom stereocenters. The van der Waals surface area contributed by atoms with Gasteiger partial charge >= 0.3 is 11.8 Å². The third-order valence-electron chi connectivity index (χ3n) is 3.57. The standard InChI is InChI=1S/C18H17N3O3/c1-3-21(14-7-5-4-6-8-14)18(22)17-20-19-16(24-17)13-9-11-15(23-2)12-10-13/h4-12H,3H2,1-2H3. The van der Waals surface area contributed by atoms with Crippen molar-refractivity contribution >= 4 is 11.6 Å². The van der Waals surface area contributed by atoms with Gasteiger partial charge in [-0.1, -0.05) is 18.2 Å². The van der Waals surface area contributed by atoms with Crippen LogP contribution in [0.2, 0.25) is 0 Å². The summed E-state index contributed by atoms with van der Waals surface area (Å²) in [5.41, 5.74) is 1.51. The third-order valence-corrected chi connectivity index (χ3v) is 3.57. The van der Waals surface area contributed by atoms with Crippen molar-refractivity contribution in [1.82, 2.24) is 10.2 Å². The van der Waals surface area contributed by atoms with E-state index in [1.807, 2.05) is 37.3 Å². The van der Waals surface area contributed by atoms with Crippen LogP contribution in [0, 0.1) is 0 Å². The molecule has 1 amide bonds. The fraction of sp³-hybridized carbons (Fsp3) is 0.167. The van der Waals surface area contributed by atoms with E-state index in [9.17, 15) is 4.79 Å². The van der Waals surface area contributed by atoms with Crippen molar-refractivity contribution in [3.8, 4) is 17.2 Å². The summed E-state index contributed by atoms with van der Waals surface area (Å²) >= 11 is 0. The fourth-order valence-corrected chi connectivity index (χ4v) is 2.33. The number of amides is 1. The summed E-state index contributed by atoms with van der Waals surface area (Å²) in [6.07, 6.45) is 0. The monoisotopic (exact) mass is 323 g/mol. The summed E-state index contributed by atoms with van der Waals surface area (Å²) in [7, 11) is 1.60. The molecular formula is C18H17N3O3. The summed E-state index contributed by atoms with van der Waals surface area (Å²) in [5.74, 6) is 0.670. The van der Waals surface area contributed by atoms with E-state index in [1.165, 1.54) is 0 Å². The molecule has 3 rings (SSSR count). The zero-order valence-electron chi connectivity index (χ0n) is 13.5. The van der Waals surface area contributed by atoms with Crippen LogP contribution in [-0.4, -0.2) is 29.8 Å². The molecule has 0 aliphatic rings. The molecule has 0 N–H and O–H groups in total. The first-order valence-corrected chi connectivity index (χ1v) is 7.57. The van der Waals surface area contributed by atoms with Crippen LogP contribution in [0.1, 0.15) is 17.6 Å². The number of ether oxygens (including phenoxy) is 1. The average Bonchev–Trinajstić information content (AvgIpc) is 3.13.